The van der Waals surface area contributed by atoms with Crippen LogP contribution in [0.5, 0.6) is 0 Å². The summed E-state index contributed by atoms with van der Waals surface area (Å²) in [6.07, 6.45) is 5.40. The van der Waals surface area contributed by atoms with Crippen LogP contribution in [0.4, 0.5) is 5.82 Å². The van der Waals surface area contributed by atoms with Crippen LogP contribution < -0.4 is 5.32 Å². The average molecular weight is 306 g/mol. The molecular formula is C15H22N4O3. The third kappa shape index (κ3) is 3.30. The highest BCUT2D eigenvalue weighted by atomic mass is 16.5. The van der Waals surface area contributed by atoms with Crippen molar-refractivity contribution in [3.63, 3.8) is 0 Å². The summed E-state index contributed by atoms with van der Waals surface area (Å²) in [7, 11) is 0. The van der Waals surface area contributed by atoms with E-state index in [-0.39, 0.29) is 24.0 Å². The van der Waals surface area contributed by atoms with Gasteiger partial charge in [-0.05, 0) is 25.7 Å². The average Bonchev–Trinajstić information content (AvgIpc) is 3.15. The molecule has 3 heterocycles. The standard InChI is InChI=1S/C15H22N4O3/c1-11(20)16-14-6-8-19(17-14)12-5-7-18(10-12)15(21)13-4-2-3-9-22-13/h6,8,12-13H,2-5,7,9-10H2,1H3,(H,16,17,20)/t12-,13+/m0/s1. The Kier molecular flexibility index (Phi) is 4.42. The normalized spacial score (nSPS) is 25.2. The Morgan fingerprint density at radius 3 is 2.95 bits per heavy atom. The minimum absolute atomic E-state index is 0.108. The number of likely N-dealkylation sites (tertiary alicyclic amines) is 1. The minimum Gasteiger partial charge on any atom is -0.368 e. The van der Waals surface area contributed by atoms with E-state index in [0.717, 1.165) is 32.2 Å². The topological polar surface area (TPSA) is 76.5 Å². The van der Waals surface area contributed by atoms with Crippen LogP contribution >= 0.6 is 0 Å². The van der Waals surface area contributed by atoms with Crippen molar-refractivity contribution < 1.29 is 14.3 Å². The molecule has 120 valence electrons. The smallest absolute Gasteiger partial charge is 0.251 e. The Hall–Kier alpha value is -1.89. The molecule has 1 N–H and O–H groups in total. The van der Waals surface area contributed by atoms with Gasteiger partial charge in [-0.25, -0.2) is 0 Å². The number of hydrogen-bond donors (Lipinski definition) is 1. The second kappa shape index (κ2) is 6.48. The van der Waals surface area contributed by atoms with Crippen molar-refractivity contribution in [2.24, 2.45) is 0 Å². The first-order valence-electron chi connectivity index (χ1n) is 7.86. The molecule has 0 aromatic carbocycles. The number of aromatic nitrogens is 2. The molecule has 0 bridgehead atoms. The molecule has 2 fully saturated rings. The van der Waals surface area contributed by atoms with Crippen molar-refractivity contribution in [2.45, 2.75) is 44.8 Å². The molecule has 2 atom stereocenters. The van der Waals surface area contributed by atoms with Crippen LogP contribution in [0.25, 0.3) is 0 Å². The van der Waals surface area contributed by atoms with Gasteiger partial charge in [-0.3, -0.25) is 14.3 Å². The number of nitrogens with zero attached hydrogens (tertiary/aromatic N) is 3. The van der Waals surface area contributed by atoms with E-state index in [9.17, 15) is 9.59 Å². The van der Waals surface area contributed by atoms with E-state index >= 15 is 0 Å². The second-order valence-electron chi connectivity index (χ2n) is 5.94. The van der Waals surface area contributed by atoms with Crippen molar-refractivity contribution in [1.82, 2.24) is 14.7 Å². The monoisotopic (exact) mass is 306 g/mol. The molecule has 0 spiro atoms. The molecule has 2 amide bonds. The molecule has 3 rings (SSSR count). The highest BCUT2D eigenvalue weighted by Crippen LogP contribution is 2.24. The number of ether oxygens (including phenoxy) is 1. The van der Waals surface area contributed by atoms with Crippen molar-refractivity contribution in [3.8, 4) is 0 Å². The zero-order chi connectivity index (χ0) is 15.5. The molecule has 22 heavy (non-hydrogen) atoms. The number of carbonyl (C=O) groups excluding carboxylic acids is 2. The molecular weight excluding hydrogens is 284 g/mol. The van der Waals surface area contributed by atoms with Crippen molar-refractivity contribution in [1.29, 1.82) is 0 Å². The highest BCUT2D eigenvalue weighted by Gasteiger charge is 2.33. The summed E-state index contributed by atoms with van der Waals surface area (Å²) in [6.45, 7) is 3.53. The van der Waals surface area contributed by atoms with Crippen molar-refractivity contribution in [2.75, 3.05) is 25.0 Å². The molecule has 2 aliphatic rings. The Bertz CT molecular complexity index is 551. The van der Waals surface area contributed by atoms with Crippen LogP contribution in [-0.2, 0) is 14.3 Å². The summed E-state index contributed by atoms with van der Waals surface area (Å²) in [5, 5.41) is 7.02. The van der Waals surface area contributed by atoms with E-state index in [2.05, 4.69) is 10.4 Å². The van der Waals surface area contributed by atoms with Gasteiger partial charge in [-0.2, -0.15) is 5.10 Å². The first-order chi connectivity index (χ1) is 10.6. The van der Waals surface area contributed by atoms with Gasteiger partial charge in [0, 0.05) is 38.9 Å². The van der Waals surface area contributed by atoms with Crippen molar-refractivity contribution in [3.05, 3.63) is 12.3 Å². The Morgan fingerprint density at radius 1 is 1.36 bits per heavy atom. The zero-order valence-corrected chi connectivity index (χ0v) is 12.8. The molecule has 1 aromatic heterocycles. The van der Waals surface area contributed by atoms with E-state index in [1.807, 2.05) is 15.8 Å². The number of hydrogen-bond acceptors (Lipinski definition) is 4. The summed E-state index contributed by atoms with van der Waals surface area (Å²) in [4.78, 5) is 25.4. The van der Waals surface area contributed by atoms with E-state index < -0.39 is 0 Å². The predicted molar refractivity (Wildman–Crippen MR) is 80.4 cm³/mol. The Morgan fingerprint density at radius 2 is 2.23 bits per heavy atom. The van der Waals surface area contributed by atoms with Crippen molar-refractivity contribution >= 4 is 17.6 Å². The molecule has 7 heteroatoms. The van der Waals surface area contributed by atoms with Crippen LogP contribution in [0, 0.1) is 0 Å². The summed E-state index contributed by atoms with van der Waals surface area (Å²) < 4.78 is 7.41. The number of anilines is 1. The van der Waals surface area contributed by atoms with Crippen LogP contribution in [0.1, 0.15) is 38.6 Å². The third-order valence-electron chi connectivity index (χ3n) is 4.22. The number of carbonyl (C=O) groups is 2. The minimum atomic E-state index is -0.264. The Balaban J connectivity index is 1.58. The molecule has 0 unspecified atom stereocenters. The van der Waals surface area contributed by atoms with Gasteiger partial charge in [0.15, 0.2) is 5.82 Å². The van der Waals surface area contributed by atoms with Crippen LogP contribution in [0.2, 0.25) is 0 Å². The highest BCUT2D eigenvalue weighted by molar-refractivity contribution is 5.87. The number of rotatable bonds is 3. The maximum atomic E-state index is 12.4. The first-order valence-corrected chi connectivity index (χ1v) is 7.86. The second-order valence-corrected chi connectivity index (χ2v) is 5.94. The molecule has 1 aromatic rings. The van der Waals surface area contributed by atoms with Gasteiger partial charge in [0.25, 0.3) is 5.91 Å². The van der Waals surface area contributed by atoms with E-state index in [1.54, 1.807) is 6.07 Å². The summed E-state index contributed by atoms with van der Waals surface area (Å²) in [6, 6.07) is 1.94. The predicted octanol–water partition coefficient (Wildman–Crippen LogP) is 1.18. The van der Waals surface area contributed by atoms with Gasteiger partial charge in [0.05, 0.1) is 6.04 Å². The fourth-order valence-electron chi connectivity index (χ4n) is 3.09. The third-order valence-corrected chi connectivity index (χ3v) is 4.22. The SMILES string of the molecule is CC(=O)Nc1ccn([C@H]2CCN(C(=O)[C@H]3CCCCO3)C2)n1. The molecule has 0 radical (unpaired) electrons. The maximum Gasteiger partial charge on any atom is 0.251 e. The molecule has 0 saturated carbocycles. The maximum absolute atomic E-state index is 12.4. The number of amides is 2. The molecule has 2 aliphatic heterocycles. The van der Waals surface area contributed by atoms with Gasteiger partial charge in [-0.15, -0.1) is 0 Å². The largest absolute Gasteiger partial charge is 0.368 e. The molecule has 0 aliphatic carbocycles. The lowest BCUT2D eigenvalue weighted by Crippen LogP contribution is -2.40. The molecule has 2 saturated heterocycles. The van der Waals surface area contributed by atoms with E-state index in [4.69, 9.17) is 4.74 Å². The van der Waals surface area contributed by atoms with Gasteiger partial charge in [0.2, 0.25) is 5.91 Å². The Labute approximate surface area is 129 Å². The summed E-state index contributed by atoms with van der Waals surface area (Å²) in [5.41, 5.74) is 0. The number of nitrogens with one attached hydrogen (secondary N) is 1. The zero-order valence-electron chi connectivity index (χ0n) is 12.8. The fraction of sp³-hybridized carbons (Fsp3) is 0.667. The lowest BCUT2D eigenvalue weighted by atomic mass is 10.1. The van der Waals surface area contributed by atoms with Gasteiger partial charge in [-0.1, -0.05) is 0 Å². The summed E-state index contributed by atoms with van der Waals surface area (Å²) >= 11 is 0. The molecule has 7 nitrogen and oxygen atoms in total. The lowest BCUT2D eigenvalue weighted by Gasteiger charge is -2.26. The van der Waals surface area contributed by atoms with Crippen LogP contribution in [0.3, 0.4) is 0 Å². The van der Waals surface area contributed by atoms with Crippen LogP contribution in [-0.4, -0.2) is 52.3 Å². The van der Waals surface area contributed by atoms with E-state index in [0.29, 0.717) is 19.0 Å². The lowest BCUT2D eigenvalue weighted by molar-refractivity contribution is -0.145. The quantitative estimate of drug-likeness (QED) is 0.910. The fourth-order valence-corrected chi connectivity index (χ4v) is 3.09. The van der Waals surface area contributed by atoms with Gasteiger partial charge in [0.1, 0.15) is 6.10 Å². The summed E-state index contributed by atoms with van der Waals surface area (Å²) in [5.74, 6) is 0.521. The van der Waals surface area contributed by atoms with Gasteiger partial charge >= 0.3 is 0 Å². The van der Waals surface area contributed by atoms with E-state index in [1.165, 1.54) is 6.92 Å². The first kappa shape index (κ1) is 15.0. The van der Waals surface area contributed by atoms with Gasteiger partial charge < -0.3 is 15.0 Å². The van der Waals surface area contributed by atoms with Crippen LogP contribution in [0.15, 0.2) is 12.3 Å².